The summed E-state index contributed by atoms with van der Waals surface area (Å²) in [5, 5.41) is 43.3. The van der Waals surface area contributed by atoms with Crippen molar-refractivity contribution in [2.24, 2.45) is 11.8 Å². The topological polar surface area (TPSA) is 98.0 Å². The minimum absolute atomic E-state index is 0.0720. The Morgan fingerprint density at radius 1 is 1.25 bits per heavy atom. The zero-order valence-electron chi connectivity index (χ0n) is 16.1. The summed E-state index contributed by atoms with van der Waals surface area (Å²) in [7, 11) is 2.17. The monoisotopic (exact) mass is 386 g/mol. The number of hydrogen-bond acceptors (Lipinski definition) is 5. The van der Waals surface area contributed by atoms with Crippen molar-refractivity contribution >= 4 is 5.78 Å². The highest BCUT2D eigenvalue weighted by Gasteiger charge is 2.76. The van der Waals surface area contributed by atoms with Crippen molar-refractivity contribution in [2.75, 3.05) is 20.1 Å². The van der Waals surface area contributed by atoms with Gasteiger partial charge in [-0.1, -0.05) is 6.07 Å². The van der Waals surface area contributed by atoms with Crippen LogP contribution in [0.15, 0.2) is 12.1 Å². The van der Waals surface area contributed by atoms with E-state index >= 15 is 0 Å². The Morgan fingerprint density at radius 3 is 2.71 bits per heavy atom. The zero-order chi connectivity index (χ0) is 19.6. The molecular formula is C22H28NO5+. The van der Waals surface area contributed by atoms with Crippen molar-refractivity contribution in [1.29, 1.82) is 0 Å². The molecule has 2 saturated carbocycles. The maximum atomic E-state index is 13.0. The third-order valence-corrected chi connectivity index (χ3v) is 9.04. The number of aromatic hydroxyl groups is 1. The van der Waals surface area contributed by atoms with E-state index in [2.05, 4.69) is 7.05 Å². The first-order valence-corrected chi connectivity index (χ1v) is 10.5. The standard InChI is InChI=1S/C22H27NO5/c1-23(10-12-6-16(12)25)5-4-21-14-8-13-15(24)3-2-11(19(13)21)7-18(23)22(21,28)9-17(26)20(14)27/h2-3,12,14,16-18,25-26,28H,4-10H2,1H3/p+1/t12?,14-,16?,17?,18+,21+,22+,23+/m0/s1. The average molecular weight is 386 g/mol. The van der Waals surface area contributed by atoms with E-state index in [-0.39, 0.29) is 36.0 Å². The molecular weight excluding hydrogens is 358 g/mol. The second kappa shape index (κ2) is 4.98. The van der Waals surface area contributed by atoms with Gasteiger partial charge >= 0.3 is 0 Å². The molecule has 3 fully saturated rings. The summed E-state index contributed by atoms with van der Waals surface area (Å²) in [5.74, 6) is -0.171. The number of carbonyl (C=O) groups is 1. The molecule has 1 spiro atoms. The van der Waals surface area contributed by atoms with E-state index in [9.17, 15) is 25.2 Å². The normalized spacial score (nSPS) is 50.4. The molecule has 5 aliphatic rings. The number of Topliss-reactive ketones (excluding diaryl/α,β-unsaturated/α-hetero) is 1. The van der Waals surface area contributed by atoms with Crippen LogP contribution in [0.2, 0.25) is 0 Å². The molecule has 0 amide bonds. The van der Waals surface area contributed by atoms with Gasteiger partial charge in [0.05, 0.1) is 26.2 Å². The van der Waals surface area contributed by atoms with Gasteiger partial charge in [0.1, 0.15) is 23.5 Å². The molecule has 28 heavy (non-hydrogen) atoms. The largest absolute Gasteiger partial charge is 0.508 e. The third kappa shape index (κ3) is 1.77. The summed E-state index contributed by atoms with van der Waals surface area (Å²) in [6.07, 6.45) is 1.26. The molecule has 150 valence electrons. The molecule has 1 aliphatic heterocycles. The molecule has 8 atom stereocenters. The smallest absolute Gasteiger partial charge is 0.165 e. The molecule has 0 aromatic heterocycles. The third-order valence-electron chi connectivity index (χ3n) is 9.04. The lowest BCUT2D eigenvalue weighted by Crippen LogP contribution is -2.81. The number of nitrogens with zero attached hydrogens (tertiary/aromatic N) is 1. The first kappa shape index (κ1) is 17.4. The Hall–Kier alpha value is -1.47. The molecule has 6 heteroatoms. The maximum absolute atomic E-state index is 13.0. The Morgan fingerprint density at radius 2 is 2.00 bits per heavy atom. The number of likely N-dealkylation sites (N-methyl/N-ethyl adjacent to an activating group) is 1. The first-order valence-electron chi connectivity index (χ1n) is 10.5. The lowest BCUT2D eigenvalue weighted by atomic mass is 9.47. The van der Waals surface area contributed by atoms with Gasteiger partial charge in [-0.15, -0.1) is 0 Å². The zero-order valence-corrected chi connectivity index (χ0v) is 16.1. The van der Waals surface area contributed by atoms with E-state index < -0.39 is 23.0 Å². The lowest BCUT2D eigenvalue weighted by Gasteiger charge is -2.66. The SMILES string of the molecule is C[N@+]1(CC2CC2O)CC[C@]23c4c5ccc(O)c4C[C@H]2C(=O)C(O)C[C@@]3(O)[C@H]1C5. The summed E-state index contributed by atoms with van der Waals surface area (Å²) in [6, 6.07) is 3.56. The Bertz CT molecular complexity index is 916. The molecule has 2 bridgehead atoms. The molecule has 6 nitrogen and oxygen atoms in total. The number of rotatable bonds is 2. The fourth-order valence-corrected chi connectivity index (χ4v) is 7.67. The number of carbonyl (C=O) groups excluding carboxylic acids is 1. The van der Waals surface area contributed by atoms with Crippen molar-refractivity contribution in [3.8, 4) is 5.75 Å². The number of benzene rings is 1. The van der Waals surface area contributed by atoms with Gasteiger partial charge in [-0.25, -0.2) is 0 Å². The molecule has 6 rings (SSSR count). The van der Waals surface area contributed by atoms with Gasteiger partial charge in [0.2, 0.25) is 0 Å². The number of aliphatic hydroxyl groups excluding tert-OH is 2. The van der Waals surface area contributed by atoms with Crippen molar-refractivity contribution in [3.05, 3.63) is 28.8 Å². The van der Waals surface area contributed by atoms with E-state index in [1.54, 1.807) is 6.07 Å². The summed E-state index contributed by atoms with van der Waals surface area (Å²) in [4.78, 5) is 13.0. The number of likely N-dealkylation sites (tertiary alicyclic amines) is 1. The maximum Gasteiger partial charge on any atom is 0.165 e. The molecule has 1 aromatic rings. The Labute approximate surface area is 164 Å². The van der Waals surface area contributed by atoms with E-state index in [1.807, 2.05) is 6.07 Å². The van der Waals surface area contributed by atoms with Crippen LogP contribution in [0.25, 0.3) is 0 Å². The number of phenols is 1. The van der Waals surface area contributed by atoms with Crippen LogP contribution in [0.5, 0.6) is 5.75 Å². The van der Waals surface area contributed by atoms with Gasteiger partial charge in [0, 0.05) is 36.5 Å². The van der Waals surface area contributed by atoms with Gasteiger partial charge in [-0.2, -0.15) is 0 Å². The first-order chi connectivity index (χ1) is 13.2. The second-order valence-electron chi connectivity index (χ2n) is 10.3. The number of hydrogen-bond donors (Lipinski definition) is 4. The van der Waals surface area contributed by atoms with Crippen LogP contribution in [0, 0.1) is 11.8 Å². The number of phenolic OH excluding ortho intramolecular Hbond substituents is 1. The fourth-order valence-electron chi connectivity index (χ4n) is 7.67. The van der Waals surface area contributed by atoms with Crippen LogP contribution in [0.4, 0.5) is 0 Å². The predicted molar refractivity (Wildman–Crippen MR) is 99.7 cm³/mol. The molecule has 0 radical (unpaired) electrons. The van der Waals surface area contributed by atoms with E-state index in [1.165, 1.54) is 0 Å². The highest BCUT2D eigenvalue weighted by molar-refractivity contribution is 5.91. The molecule has 1 saturated heterocycles. The predicted octanol–water partition coefficient (Wildman–Crippen LogP) is 0.0229. The number of piperidine rings is 1. The fraction of sp³-hybridized carbons (Fsp3) is 0.682. The van der Waals surface area contributed by atoms with Crippen LogP contribution in [-0.4, -0.2) is 74.7 Å². The summed E-state index contributed by atoms with van der Waals surface area (Å²) >= 11 is 0. The van der Waals surface area contributed by atoms with Gasteiger partial charge in [0.25, 0.3) is 0 Å². The molecule has 4 aliphatic carbocycles. The van der Waals surface area contributed by atoms with Gasteiger partial charge < -0.3 is 24.9 Å². The summed E-state index contributed by atoms with van der Waals surface area (Å²) < 4.78 is 0.670. The van der Waals surface area contributed by atoms with Crippen LogP contribution in [0.1, 0.15) is 36.0 Å². The Kier molecular flexibility index (Phi) is 3.09. The van der Waals surface area contributed by atoms with Gasteiger partial charge in [-0.3, -0.25) is 4.79 Å². The van der Waals surface area contributed by atoms with Crippen molar-refractivity contribution in [1.82, 2.24) is 0 Å². The van der Waals surface area contributed by atoms with Gasteiger partial charge in [0.15, 0.2) is 5.78 Å². The van der Waals surface area contributed by atoms with Crippen molar-refractivity contribution < 1.29 is 29.7 Å². The van der Waals surface area contributed by atoms with Crippen LogP contribution in [-0.2, 0) is 23.1 Å². The van der Waals surface area contributed by atoms with Crippen molar-refractivity contribution in [3.63, 3.8) is 0 Å². The molecule has 4 N–H and O–H groups in total. The molecule has 3 unspecified atom stereocenters. The van der Waals surface area contributed by atoms with Crippen LogP contribution < -0.4 is 0 Å². The number of aliphatic hydroxyl groups is 3. The second-order valence-corrected chi connectivity index (χ2v) is 10.3. The number of quaternary nitrogens is 1. The van der Waals surface area contributed by atoms with Gasteiger partial charge in [-0.05, 0) is 35.6 Å². The minimum atomic E-state index is -1.18. The molecule has 1 heterocycles. The van der Waals surface area contributed by atoms with E-state index in [4.69, 9.17) is 0 Å². The van der Waals surface area contributed by atoms with Crippen molar-refractivity contribution in [2.45, 2.75) is 61.4 Å². The Balaban J connectivity index is 1.57. The van der Waals surface area contributed by atoms with Crippen LogP contribution in [0.3, 0.4) is 0 Å². The highest BCUT2D eigenvalue weighted by Crippen LogP contribution is 2.66. The minimum Gasteiger partial charge on any atom is -0.508 e. The summed E-state index contributed by atoms with van der Waals surface area (Å²) in [6.45, 7) is 1.66. The summed E-state index contributed by atoms with van der Waals surface area (Å²) in [5.41, 5.74) is 1.05. The van der Waals surface area contributed by atoms with Crippen LogP contribution >= 0.6 is 0 Å². The number of ketones is 1. The lowest BCUT2D eigenvalue weighted by molar-refractivity contribution is -0.950. The van der Waals surface area contributed by atoms with E-state index in [0.717, 1.165) is 36.2 Å². The average Bonchev–Trinajstić information content (AvgIpc) is 3.18. The van der Waals surface area contributed by atoms with E-state index in [0.29, 0.717) is 23.7 Å². The quantitative estimate of drug-likeness (QED) is 0.538. The highest BCUT2D eigenvalue weighted by atomic mass is 16.3. The molecule has 1 aromatic carbocycles.